The molecule has 5 heteroatoms. The normalized spacial score (nSPS) is 18.8. The summed E-state index contributed by atoms with van der Waals surface area (Å²) in [5.74, 6) is -0.140. The number of imide groups is 1. The summed E-state index contributed by atoms with van der Waals surface area (Å²) in [6.45, 7) is 2.68. The van der Waals surface area contributed by atoms with Gasteiger partial charge in [-0.1, -0.05) is 37.6 Å². The Balaban J connectivity index is 2.14. The first-order chi connectivity index (χ1) is 9.17. The zero-order chi connectivity index (χ0) is 13.8. The molecule has 3 amide bonds. The molecule has 1 saturated heterocycles. The fraction of sp³-hybridized carbons (Fsp3) is 0.429. The van der Waals surface area contributed by atoms with Crippen molar-refractivity contribution in [3.63, 3.8) is 0 Å². The predicted molar refractivity (Wildman–Crippen MR) is 72.1 cm³/mol. The van der Waals surface area contributed by atoms with E-state index in [2.05, 4.69) is 5.32 Å². The van der Waals surface area contributed by atoms with E-state index in [4.69, 9.17) is 5.73 Å². The van der Waals surface area contributed by atoms with Crippen molar-refractivity contribution in [1.29, 1.82) is 0 Å². The number of nitrogens with one attached hydrogen (secondary N) is 1. The molecule has 1 unspecified atom stereocenters. The lowest BCUT2D eigenvalue weighted by molar-refractivity contribution is -0.128. The maximum atomic E-state index is 12.1. The van der Waals surface area contributed by atoms with Gasteiger partial charge in [0.25, 0.3) is 5.91 Å². The van der Waals surface area contributed by atoms with Crippen molar-refractivity contribution >= 4 is 11.9 Å². The number of carbonyl (C=O) groups is 2. The van der Waals surface area contributed by atoms with E-state index in [0.29, 0.717) is 13.0 Å². The van der Waals surface area contributed by atoms with E-state index in [0.717, 1.165) is 17.5 Å². The monoisotopic (exact) mass is 261 g/mol. The molecule has 0 radical (unpaired) electrons. The molecule has 1 aromatic carbocycles. The SMILES string of the molecule is CCCC1NC(=O)N(Cc2ccccc2CN)C1=O. The Morgan fingerprint density at radius 3 is 2.58 bits per heavy atom. The highest BCUT2D eigenvalue weighted by molar-refractivity contribution is 6.04. The minimum atomic E-state index is -0.373. The topological polar surface area (TPSA) is 75.4 Å². The number of hydrogen-bond acceptors (Lipinski definition) is 3. The van der Waals surface area contributed by atoms with Gasteiger partial charge in [0.2, 0.25) is 0 Å². The summed E-state index contributed by atoms with van der Waals surface area (Å²) in [6.07, 6.45) is 1.55. The van der Waals surface area contributed by atoms with E-state index < -0.39 is 0 Å². The Kier molecular flexibility index (Phi) is 4.16. The quantitative estimate of drug-likeness (QED) is 0.786. The molecule has 3 N–H and O–H groups in total. The molecule has 1 atom stereocenters. The molecule has 19 heavy (non-hydrogen) atoms. The molecule has 0 aliphatic carbocycles. The summed E-state index contributed by atoms with van der Waals surface area (Å²) in [5, 5.41) is 2.72. The van der Waals surface area contributed by atoms with Gasteiger partial charge in [-0.15, -0.1) is 0 Å². The fourth-order valence-corrected chi connectivity index (χ4v) is 2.29. The van der Waals surface area contributed by atoms with Gasteiger partial charge in [0.15, 0.2) is 0 Å². The number of nitrogens with zero attached hydrogens (tertiary/aromatic N) is 1. The summed E-state index contributed by atoms with van der Waals surface area (Å²) >= 11 is 0. The van der Waals surface area contributed by atoms with Gasteiger partial charge in [-0.25, -0.2) is 4.79 Å². The van der Waals surface area contributed by atoms with Crippen molar-refractivity contribution < 1.29 is 9.59 Å². The van der Waals surface area contributed by atoms with E-state index in [1.807, 2.05) is 31.2 Å². The van der Waals surface area contributed by atoms with Crippen LogP contribution in [0.5, 0.6) is 0 Å². The lowest BCUT2D eigenvalue weighted by Gasteiger charge is -2.15. The van der Waals surface area contributed by atoms with Gasteiger partial charge >= 0.3 is 6.03 Å². The van der Waals surface area contributed by atoms with Gasteiger partial charge in [0, 0.05) is 6.54 Å². The maximum absolute atomic E-state index is 12.1. The second kappa shape index (κ2) is 5.84. The first-order valence-corrected chi connectivity index (χ1v) is 6.56. The summed E-state index contributed by atoms with van der Waals surface area (Å²) in [4.78, 5) is 25.2. The smallest absolute Gasteiger partial charge is 0.325 e. The average molecular weight is 261 g/mol. The van der Waals surface area contributed by atoms with Crippen LogP contribution in [0.25, 0.3) is 0 Å². The van der Waals surface area contributed by atoms with E-state index in [9.17, 15) is 9.59 Å². The number of amides is 3. The Labute approximate surface area is 112 Å². The van der Waals surface area contributed by atoms with Gasteiger partial charge in [-0.2, -0.15) is 0 Å². The Morgan fingerprint density at radius 1 is 1.26 bits per heavy atom. The standard InChI is InChI=1S/C14H19N3O2/c1-2-5-12-13(18)17(14(19)16-12)9-11-7-4-3-6-10(11)8-15/h3-4,6-7,12H,2,5,8-9,15H2,1H3,(H,16,19). The first kappa shape index (κ1) is 13.5. The zero-order valence-corrected chi connectivity index (χ0v) is 11.1. The van der Waals surface area contributed by atoms with Gasteiger partial charge in [0.1, 0.15) is 6.04 Å². The molecular weight excluding hydrogens is 242 g/mol. The van der Waals surface area contributed by atoms with Crippen LogP contribution in [0.1, 0.15) is 30.9 Å². The van der Waals surface area contributed by atoms with Crippen LogP contribution in [-0.2, 0) is 17.9 Å². The third kappa shape index (κ3) is 2.76. The third-order valence-electron chi connectivity index (χ3n) is 3.35. The minimum absolute atomic E-state index is 0.140. The van der Waals surface area contributed by atoms with Crippen molar-refractivity contribution in [3.05, 3.63) is 35.4 Å². The molecule has 0 bridgehead atoms. The molecule has 1 aliphatic rings. The van der Waals surface area contributed by atoms with Gasteiger partial charge in [-0.05, 0) is 17.5 Å². The summed E-state index contributed by atoms with van der Waals surface area (Å²) < 4.78 is 0. The van der Waals surface area contributed by atoms with Crippen LogP contribution < -0.4 is 11.1 Å². The molecule has 0 aromatic heterocycles. The van der Waals surface area contributed by atoms with E-state index in [1.54, 1.807) is 0 Å². The molecular formula is C14H19N3O2. The van der Waals surface area contributed by atoms with Crippen LogP contribution in [0.3, 0.4) is 0 Å². The van der Waals surface area contributed by atoms with Crippen LogP contribution in [0.4, 0.5) is 4.79 Å². The fourth-order valence-electron chi connectivity index (χ4n) is 2.29. The number of nitrogens with two attached hydrogens (primary N) is 1. The van der Waals surface area contributed by atoms with Crippen molar-refractivity contribution in [1.82, 2.24) is 10.2 Å². The molecule has 102 valence electrons. The Morgan fingerprint density at radius 2 is 1.95 bits per heavy atom. The second-order valence-corrected chi connectivity index (χ2v) is 4.69. The maximum Gasteiger partial charge on any atom is 0.325 e. The molecule has 1 aromatic rings. The lowest BCUT2D eigenvalue weighted by atomic mass is 10.1. The predicted octanol–water partition coefficient (Wildman–Crippen LogP) is 1.37. The molecule has 1 fully saturated rings. The van der Waals surface area contributed by atoms with Crippen molar-refractivity contribution in [3.8, 4) is 0 Å². The highest BCUT2D eigenvalue weighted by Gasteiger charge is 2.37. The molecule has 0 spiro atoms. The number of benzene rings is 1. The highest BCUT2D eigenvalue weighted by Crippen LogP contribution is 2.17. The van der Waals surface area contributed by atoms with Gasteiger partial charge < -0.3 is 11.1 Å². The average Bonchev–Trinajstić information content (AvgIpc) is 2.68. The van der Waals surface area contributed by atoms with Crippen molar-refractivity contribution in [2.45, 2.75) is 38.9 Å². The Hall–Kier alpha value is -1.88. The minimum Gasteiger partial charge on any atom is -0.326 e. The summed E-state index contributed by atoms with van der Waals surface area (Å²) in [5.41, 5.74) is 7.55. The second-order valence-electron chi connectivity index (χ2n) is 4.69. The highest BCUT2D eigenvalue weighted by atomic mass is 16.2. The molecule has 0 saturated carbocycles. The van der Waals surface area contributed by atoms with Crippen LogP contribution in [-0.4, -0.2) is 22.9 Å². The zero-order valence-electron chi connectivity index (χ0n) is 11.1. The molecule has 2 rings (SSSR count). The van der Waals surface area contributed by atoms with E-state index >= 15 is 0 Å². The molecule has 1 aliphatic heterocycles. The van der Waals surface area contributed by atoms with Crippen LogP contribution in [0, 0.1) is 0 Å². The number of rotatable bonds is 5. The van der Waals surface area contributed by atoms with Crippen LogP contribution in [0.2, 0.25) is 0 Å². The summed E-state index contributed by atoms with van der Waals surface area (Å²) in [7, 11) is 0. The van der Waals surface area contributed by atoms with Crippen LogP contribution >= 0.6 is 0 Å². The van der Waals surface area contributed by atoms with E-state index in [1.165, 1.54) is 4.90 Å². The van der Waals surface area contributed by atoms with Gasteiger partial charge in [-0.3, -0.25) is 9.69 Å². The van der Waals surface area contributed by atoms with Crippen molar-refractivity contribution in [2.75, 3.05) is 0 Å². The van der Waals surface area contributed by atoms with E-state index in [-0.39, 0.29) is 24.5 Å². The Bertz CT molecular complexity index is 487. The van der Waals surface area contributed by atoms with Crippen LogP contribution in [0.15, 0.2) is 24.3 Å². The first-order valence-electron chi connectivity index (χ1n) is 6.56. The lowest BCUT2D eigenvalue weighted by Crippen LogP contribution is -2.31. The number of carbonyl (C=O) groups excluding carboxylic acids is 2. The summed E-state index contributed by atoms with van der Waals surface area (Å²) in [6, 6.07) is 6.92. The van der Waals surface area contributed by atoms with Gasteiger partial charge in [0.05, 0.1) is 6.54 Å². The largest absolute Gasteiger partial charge is 0.326 e. The molecule has 5 nitrogen and oxygen atoms in total. The van der Waals surface area contributed by atoms with Crippen molar-refractivity contribution in [2.24, 2.45) is 5.73 Å². The number of urea groups is 1. The molecule has 1 heterocycles. The third-order valence-corrected chi connectivity index (χ3v) is 3.35. The number of hydrogen-bond donors (Lipinski definition) is 2.